The Morgan fingerprint density at radius 1 is 1.28 bits per heavy atom. The Kier molecular flexibility index (Phi) is 3.79. The maximum atomic E-state index is 13.5. The number of rotatable bonds is 4. The van der Waals surface area contributed by atoms with Crippen molar-refractivity contribution in [1.82, 2.24) is 10.2 Å². The number of aromatic nitrogens is 2. The number of anilines is 1. The van der Waals surface area contributed by atoms with Gasteiger partial charge in [-0.25, -0.2) is 4.39 Å². The van der Waals surface area contributed by atoms with Crippen LogP contribution >= 0.6 is 0 Å². The molecule has 3 aromatic rings. The van der Waals surface area contributed by atoms with Crippen LogP contribution in [0, 0.1) is 11.7 Å². The monoisotopic (exact) mass is 337 g/mol. The van der Waals surface area contributed by atoms with Gasteiger partial charge in [-0.15, -0.1) is 0 Å². The minimum atomic E-state index is -0.279. The van der Waals surface area contributed by atoms with Crippen LogP contribution in [-0.2, 0) is 4.79 Å². The Hall–Kier alpha value is -2.69. The first kappa shape index (κ1) is 15.8. The fourth-order valence-corrected chi connectivity index (χ4v) is 3.39. The van der Waals surface area contributed by atoms with Crippen molar-refractivity contribution in [2.45, 2.75) is 32.1 Å². The summed E-state index contributed by atoms with van der Waals surface area (Å²) in [4.78, 5) is 12.6. The summed E-state index contributed by atoms with van der Waals surface area (Å²) in [6, 6.07) is 10.7. The molecule has 1 saturated carbocycles. The van der Waals surface area contributed by atoms with Gasteiger partial charge in [0.1, 0.15) is 5.82 Å². The van der Waals surface area contributed by atoms with Crippen LogP contribution in [0.5, 0.6) is 0 Å². The van der Waals surface area contributed by atoms with E-state index in [4.69, 9.17) is 0 Å². The molecule has 0 unspecified atom stereocenters. The van der Waals surface area contributed by atoms with Gasteiger partial charge in [0, 0.05) is 17.0 Å². The molecule has 0 aliphatic heterocycles. The number of nitrogens with one attached hydrogen (secondary N) is 2. The van der Waals surface area contributed by atoms with Crippen LogP contribution < -0.4 is 5.32 Å². The maximum absolute atomic E-state index is 13.5. The second kappa shape index (κ2) is 5.99. The SMILES string of the molecule is CC(C)c1cc(F)ccc1NC(=O)[C@@H]1C[C@H]1c1ccc2cn[nH]c2c1. The van der Waals surface area contributed by atoms with Gasteiger partial charge in [-0.3, -0.25) is 9.89 Å². The molecule has 0 bridgehead atoms. The first-order valence-corrected chi connectivity index (χ1v) is 8.56. The van der Waals surface area contributed by atoms with Gasteiger partial charge < -0.3 is 5.32 Å². The first-order chi connectivity index (χ1) is 12.0. The quantitative estimate of drug-likeness (QED) is 0.733. The zero-order valence-electron chi connectivity index (χ0n) is 14.2. The number of carbonyl (C=O) groups excluding carboxylic acids is 1. The lowest BCUT2D eigenvalue weighted by Crippen LogP contribution is -2.16. The average Bonchev–Trinajstić information content (AvgIpc) is 3.26. The normalized spacial score (nSPS) is 19.4. The largest absolute Gasteiger partial charge is 0.326 e. The van der Waals surface area contributed by atoms with E-state index in [0.29, 0.717) is 5.69 Å². The molecular weight excluding hydrogens is 317 g/mol. The molecule has 4 rings (SSSR count). The van der Waals surface area contributed by atoms with Crippen LogP contribution in [-0.4, -0.2) is 16.1 Å². The zero-order valence-corrected chi connectivity index (χ0v) is 14.2. The number of hydrogen-bond donors (Lipinski definition) is 2. The average molecular weight is 337 g/mol. The Morgan fingerprint density at radius 3 is 2.92 bits per heavy atom. The lowest BCUT2D eigenvalue weighted by atomic mass is 10.0. The summed E-state index contributed by atoms with van der Waals surface area (Å²) in [7, 11) is 0. The van der Waals surface area contributed by atoms with Gasteiger partial charge in [0.05, 0.1) is 11.7 Å². The maximum Gasteiger partial charge on any atom is 0.228 e. The Bertz CT molecular complexity index is 947. The van der Waals surface area contributed by atoms with E-state index in [-0.39, 0.29) is 29.5 Å². The van der Waals surface area contributed by atoms with E-state index in [2.05, 4.69) is 27.6 Å². The number of halogens is 1. The Labute approximate surface area is 145 Å². The summed E-state index contributed by atoms with van der Waals surface area (Å²) in [5.74, 6) is 0.0620. The van der Waals surface area contributed by atoms with E-state index in [1.807, 2.05) is 19.9 Å². The molecule has 0 spiro atoms. The van der Waals surface area contributed by atoms with E-state index < -0.39 is 0 Å². The number of carbonyl (C=O) groups is 1. The summed E-state index contributed by atoms with van der Waals surface area (Å²) < 4.78 is 13.5. The van der Waals surface area contributed by atoms with E-state index in [1.54, 1.807) is 12.3 Å². The lowest BCUT2D eigenvalue weighted by molar-refractivity contribution is -0.117. The summed E-state index contributed by atoms with van der Waals surface area (Å²) in [5.41, 5.74) is 3.67. The highest BCUT2D eigenvalue weighted by molar-refractivity contribution is 5.96. The Balaban J connectivity index is 1.50. The topological polar surface area (TPSA) is 57.8 Å². The molecule has 0 radical (unpaired) electrons. The molecule has 2 N–H and O–H groups in total. The third kappa shape index (κ3) is 3.02. The fraction of sp³-hybridized carbons (Fsp3) is 0.300. The van der Waals surface area contributed by atoms with Crippen molar-refractivity contribution >= 4 is 22.5 Å². The lowest BCUT2D eigenvalue weighted by Gasteiger charge is -2.14. The number of hydrogen-bond acceptors (Lipinski definition) is 2. The second-order valence-electron chi connectivity index (χ2n) is 7.04. The van der Waals surface area contributed by atoms with Gasteiger partial charge >= 0.3 is 0 Å². The summed E-state index contributed by atoms with van der Waals surface area (Å²) in [6.07, 6.45) is 2.63. The van der Waals surface area contributed by atoms with Crippen LogP contribution in [0.3, 0.4) is 0 Å². The predicted octanol–water partition coefficient (Wildman–Crippen LogP) is 4.57. The molecule has 4 nitrogen and oxygen atoms in total. The van der Waals surface area contributed by atoms with Crippen LogP contribution in [0.15, 0.2) is 42.6 Å². The van der Waals surface area contributed by atoms with Crippen molar-refractivity contribution in [3.05, 3.63) is 59.5 Å². The Morgan fingerprint density at radius 2 is 2.12 bits per heavy atom. The fourth-order valence-electron chi connectivity index (χ4n) is 3.39. The minimum Gasteiger partial charge on any atom is -0.326 e. The number of H-pyrrole nitrogens is 1. The molecule has 5 heteroatoms. The number of fused-ring (bicyclic) bond motifs is 1. The van der Waals surface area contributed by atoms with Crippen LogP contribution in [0.4, 0.5) is 10.1 Å². The van der Waals surface area contributed by atoms with E-state index in [9.17, 15) is 9.18 Å². The highest BCUT2D eigenvalue weighted by Gasteiger charge is 2.44. The number of aromatic amines is 1. The highest BCUT2D eigenvalue weighted by Crippen LogP contribution is 2.48. The summed E-state index contributed by atoms with van der Waals surface area (Å²) >= 11 is 0. The first-order valence-electron chi connectivity index (χ1n) is 8.56. The van der Waals surface area contributed by atoms with Gasteiger partial charge in [0.15, 0.2) is 0 Å². The number of amides is 1. The van der Waals surface area contributed by atoms with Crippen molar-refractivity contribution in [1.29, 1.82) is 0 Å². The van der Waals surface area contributed by atoms with Gasteiger partial charge in [-0.1, -0.05) is 26.0 Å². The molecule has 1 heterocycles. The van der Waals surface area contributed by atoms with Gasteiger partial charge in [0.25, 0.3) is 0 Å². The summed E-state index contributed by atoms with van der Waals surface area (Å²) in [5, 5.41) is 11.1. The number of benzene rings is 2. The minimum absolute atomic E-state index is 0.00298. The smallest absolute Gasteiger partial charge is 0.228 e. The molecular formula is C20H20FN3O. The van der Waals surface area contributed by atoms with Gasteiger partial charge in [0.2, 0.25) is 5.91 Å². The van der Waals surface area contributed by atoms with Crippen LogP contribution in [0.2, 0.25) is 0 Å². The van der Waals surface area contributed by atoms with Crippen LogP contribution in [0.1, 0.15) is 43.2 Å². The van der Waals surface area contributed by atoms with E-state index in [0.717, 1.165) is 28.5 Å². The molecule has 0 saturated heterocycles. The molecule has 25 heavy (non-hydrogen) atoms. The summed E-state index contributed by atoms with van der Waals surface area (Å²) in [6.45, 7) is 3.98. The van der Waals surface area contributed by atoms with Crippen molar-refractivity contribution in [2.24, 2.45) is 5.92 Å². The molecule has 1 aliphatic carbocycles. The second-order valence-corrected chi connectivity index (χ2v) is 7.04. The third-order valence-corrected chi connectivity index (χ3v) is 4.91. The highest BCUT2D eigenvalue weighted by atomic mass is 19.1. The van der Waals surface area contributed by atoms with Crippen molar-refractivity contribution in [3.8, 4) is 0 Å². The van der Waals surface area contributed by atoms with Crippen molar-refractivity contribution < 1.29 is 9.18 Å². The number of nitrogens with zero attached hydrogens (tertiary/aromatic N) is 1. The molecule has 2 atom stereocenters. The zero-order chi connectivity index (χ0) is 17.6. The van der Waals surface area contributed by atoms with Gasteiger partial charge in [-0.05, 0) is 53.6 Å². The third-order valence-electron chi connectivity index (χ3n) is 4.91. The van der Waals surface area contributed by atoms with Crippen molar-refractivity contribution in [3.63, 3.8) is 0 Å². The standard InChI is InChI=1S/C20H20FN3O/c1-11(2)15-8-14(21)5-6-18(15)23-20(25)17-9-16(17)12-3-4-13-10-22-24-19(13)7-12/h3-8,10-11,16-17H,9H2,1-2H3,(H,22,24)(H,23,25)/t16-,17+/m0/s1. The van der Waals surface area contributed by atoms with E-state index in [1.165, 1.54) is 12.1 Å². The molecule has 1 aromatic heterocycles. The van der Waals surface area contributed by atoms with Gasteiger partial charge in [-0.2, -0.15) is 5.10 Å². The molecule has 1 aliphatic rings. The molecule has 1 fully saturated rings. The van der Waals surface area contributed by atoms with Crippen molar-refractivity contribution in [2.75, 3.05) is 5.32 Å². The molecule has 128 valence electrons. The van der Waals surface area contributed by atoms with Crippen LogP contribution in [0.25, 0.3) is 10.9 Å². The molecule has 2 aromatic carbocycles. The molecule has 1 amide bonds. The predicted molar refractivity (Wildman–Crippen MR) is 96.1 cm³/mol. The van der Waals surface area contributed by atoms with E-state index >= 15 is 0 Å².